The lowest BCUT2D eigenvalue weighted by Crippen LogP contribution is -2.37. The second-order valence-corrected chi connectivity index (χ2v) is 4.48. The molecule has 0 spiro atoms. The fourth-order valence-corrected chi connectivity index (χ4v) is 1.66. The molecular weight excluding hydrogens is 224 g/mol. The van der Waals surface area contributed by atoms with Crippen molar-refractivity contribution in [1.29, 1.82) is 0 Å². The Hall–Kier alpha value is -1.61. The minimum absolute atomic E-state index is 0.167. The van der Waals surface area contributed by atoms with Gasteiger partial charge in [-0.1, -0.05) is 42.5 Å². The van der Waals surface area contributed by atoms with Gasteiger partial charge in [0.2, 0.25) is 5.91 Å². The Kier molecular flexibility index (Phi) is 6.15. The molecule has 0 radical (unpaired) electrons. The molecule has 18 heavy (non-hydrogen) atoms. The van der Waals surface area contributed by atoms with Crippen molar-refractivity contribution in [2.75, 3.05) is 33.7 Å². The Bertz CT molecular complexity index is 385. The van der Waals surface area contributed by atoms with Crippen LogP contribution in [0.25, 0.3) is 6.08 Å². The Labute approximate surface area is 110 Å². The average Bonchev–Trinajstić information content (AvgIpc) is 2.35. The maximum Gasteiger partial charge on any atom is 0.236 e. The fraction of sp³-hybridized carbons (Fsp3) is 0.400. The zero-order chi connectivity index (χ0) is 13.4. The van der Waals surface area contributed by atoms with E-state index in [-0.39, 0.29) is 5.91 Å². The van der Waals surface area contributed by atoms with Crippen molar-refractivity contribution < 1.29 is 4.79 Å². The van der Waals surface area contributed by atoms with Gasteiger partial charge in [-0.15, -0.1) is 0 Å². The van der Waals surface area contributed by atoms with Gasteiger partial charge in [0.15, 0.2) is 0 Å². The first kappa shape index (κ1) is 14.5. The third kappa shape index (κ3) is 5.15. The van der Waals surface area contributed by atoms with Gasteiger partial charge >= 0.3 is 0 Å². The second kappa shape index (κ2) is 7.67. The zero-order valence-corrected chi connectivity index (χ0v) is 11.5. The zero-order valence-electron chi connectivity index (χ0n) is 11.5. The first-order valence-electron chi connectivity index (χ1n) is 6.27. The number of hydrogen-bond donors (Lipinski definition) is 0. The van der Waals surface area contributed by atoms with E-state index in [0.717, 1.165) is 12.1 Å². The van der Waals surface area contributed by atoms with Gasteiger partial charge < -0.3 is 9.80 Å². The summed E-state index contributed by atoms with van der Waals surface area (Å²) in [5.41, 5.74) is 1.16. The number of rotatable bonds is 6. The van der Waals surface area contributed by atoms with E-state index in [1.807, 2.05) is 61.2 Å². The molecule has 0 bridgehead atoms. The van der Waals surface area contributed by atoms with Gasteiger partial charge in [-0.25, -0.2) is 0 Å². The standard InChI is InChI=1S/C15H22N2O/c1-4-17(15(18)13-16(2)3)12-8-11-14-9-6-5-7-10-14/h5-11H,4,12-13H2,1-3H3. The van der Waals surface area contributed by atoms with Crippen LogP contribution in [-0.4, -0.2) is 49.4 Å². The van der Waals surface area contributed by atoms with Crippen molar-refractivity contribution in [2.24, 2.45) is 0 Å². The van der Waals surface area contributed by atoms with Crippen LogP contribution < -0.4 is 0 Å². The maximum absolute atomic E-state index is 11.9. The van der Waals surface area contributed by atoms with Crippen LogP contribution >= 0.6 is 0 Å². The fourth-order valence-electron chi connectivity index (χ4n) is 1.66. The van der Waals surface area contributed by atoms with E-state index in [1.165, 1.54) is 0 Å². The Balaban J connectivity index is 2.49. The molecule has 0 saturated carbocycles. The molecule has 0 heterocycles. The molecule has 1 aromatic rings. The van der Waals surface area contributed by atoms with Crippen LogP contribution in [0, 0.1) is 0 Å². The van der Waals surface area contributed by atoms with E-state index in [2.05, 4.69) is 12.1 Å². The van der Waals surface area contributed by atoms with Crippen LogP contribution in [0.3, 0.4) is 0 Å². The lowest BCUT2D eigenvalue weighted by Gasteiger charge is -2.21. The van der Waals surface area contributed by atoms with E-state index in [1.54, 1.807) is 0 Å². The van der Waals surface area contributed by atoms with Crippen molar-refractivity contribution in [1.82, 2.24) is 9.80 Å². The predicted molar refractivity (Wildman–Crippen MR) is 76.3 cm³/mol. The summed E-state index contributed by atoms with van der Waals surface area (Å²) in [4.78, 5) is 15.6. The largest absolute Gasteiger partial charge is 0.338 e. The molecule has 0 N–H and O–H groups in total. The summed E-state index contributed by atoms with van der Waals surface area (Å²) in [5.74, 6) is 0.167. The van der Waals surface area contributed by atoms with E-state index >= 15 is 0 Å². The molecule has 0 atom stereocenters. The van der Waals surface area contributed by atoms with Crippen LogP contribution in [0.15, 0.2) is 36.4 Å². The van der Waals surface area contributed by atoms with Crippen LogP contribution in [0.2, 0.25) is 0 Å². The van der Waals surface area contributed by atoms with Gasteiger partial charge in [-0.2, -0.15) is 0 Å². The molecule has 1 aromatic carbocycles. The normalized spacial score (nSPS) is 11.1. The molecule has 0 saturated heterocycles. The van der Waals surface area contributed by atoms with E-state index in [9.17, 15) is 4.79 Å². The predicted octanol–water partition coefficient (Wildman–Crippen LogP) is 2.11. The van der Waals surface area contributed by atoms with Crippen molar-refractivity contribution in [3.8, 4) is 0 Å². The summed E-state index contributed by atoms with van der Waals surface area (Å²) in [6.07, 6.45) is 4.08. The third-order valence-electron chi connectivity index (χ3n) is 2.62. The summed E-state index contributed by atoms with van der Waals surface area (Å²) in [6, 6.07) is 10.1. The number of carbonyl (C=O) groups is 1. The van der Waals surface area contributed by atoms with Gasteiger partial charge in [-0.05, 0) is 26.6 Å². The Morgan fingerprint density at radius 3 is 2.44 bits per heavy atom. The maximum atomic E-state index is 11.9. The highest BCUT2D eigenvalue weighted by Gasteiger charge is 2.10. The monoisotopic (exact) mass is 246 g/mol. The molecule has 0 fully saturated rings. The van der Waals surface area contributed by atoms with Gasteiger partial charge in [0, 0.05) is 13.1 Å². The smallest absolute Gasteiger partial charge is 0.236 e. The number of nitrogens with zero attached hydrogens (tertiary/aromatic N) is 2. The molecule has 0 unspecified atom stereocenters. The van der Waals surface area contributed by atoms with Gasteiger partial charge in [-0.3, -0.25) is 4.79 Å². The molecule has 1 rings (SSSR count). The molecule has 0 aromatic heterocycles. The first-order chi connectivity index (χ1) is 8.63. The van der Waals surface area contributed by atoms with E-state index < -0.39 is 0 Å². The Morgan fingerprint density at radius 1 is 1.22 bits per heavy atom. The highest BCUT2D eigenvalue weighted by Crippen LogP contribution is 2.01. The lowest BCUT2D eigenvalue weighted by molar-refractivity contribution is -0.131. The topological polar surface area (TPSA) is 23.6 Å². The average molecular weight is 246 g/mol. The van der Waals surface area contributed by atoms with Crippen LogP contribution in [0.1, 0.15) is 12.5 Å². The van der Waals surface area contributed by atoms with E-state index in [0.29, 0.717) is 13.1 Å². The SMILES string of the molecule is CCN(CC=Cc1ccccc1)C(=O)CN(C)C. The summed E-state index contributed by atoms with van der Waals surface area (Å²) < 4.78 is 0. The summed E-state index contributed by atoms with van der Waals surface area (Å²) >= 11 is 0. The minimum Gasteiger partial charge on any atom is -0.338 e. The van der Waals surface area contributed by atoms with E-state index in [4.69, 9.17) is 0 Å². The molecule has 1 amide bonds. The Morgan fingerprint density at radius 2 is 1.89 bits per heavy atom. The third-order valence-corrected chi connectivity index (χ3v) is 2.62. The van der Waals surface area contributed by atoms with Crippen LogP contribution in [-0.2, 0) is 4.79 Å². The lowest BCUT2D eigenvalue weighted by atomic mass is 10.2. The number of benzene rings is 1. The highest BCUT2D eigenvalue weighted by molar-refractivity contribution is 5.78. The van der Waals surface area contributed by atoms with Gasteiger partial charge in [0.25, 0.3) is 0 Å². The molecule has 3 heteroatoms. The first-order valence-corrected chi connectivity index (χ1v) is 6.27. The quantitative estimate of drug-likeness (QED) is 0.767. The minimum atomic E-state index is 0.167. The van der Waals surface area contributed by atoms with Crippen molar-refractivity contribution >= 4 is 12.0 Å². The van der Waals surface area contributed by atoms with Crippen molar-refractivity contribution in [3.63, 3.8) is 0 Å². The van der Waals surface area contributed by atoms with Crippen LogP contribution in [0.5, 0.6) is 0 Å². The summed E-state index contributed by atoms with van der Waals surface area (Å²) in [5, 5.41) is 0. The highest BCUT2D eigenvalue weighted by atomic mass is 16.2. The molecule has 98 valence electrons. The molecule has 3 nitrogen and oxygen atoms in total. The van der Waals surface area contributed by atoms with Crippen molar-refractivity contribution in [2.45, 2.75) is 6.92 Å². The molecule has 0 aliphatic heterocycles. The van der Waals surface area contributed by atoms with Crippen LogP contribution in [0.4, 0.5) is 0 Å². The van der Waals surface area contributed by atoms with Crippen molar-refractivity contribution in [3.05, 3.63) is 42.0 Å². The molecular formula is C15H22N2O. The summed E-state index contributed by atoms with van der Waals surface area (Å²) in [7, 11) is 3.82. The van der Waals surface area contributed by atoms with Gasteiger partial charge in [0.05, 0.1) is 6.54 Å². The molecule has 0 aliphatic carbocycles. The number of carbonyl (C=O) groups excluding carboxylic acids is 1. The number of likely N-dealkylation sites (N-methyl/N-ethyl adjacent to an activating group) is 2. The molecule has 0 aliphatic rings. The number of hydrogen-bond acceptors (Lipinski definition) is 2. The summed E-state index contributed by atoms with van der Waals surface area (Å²) in [6.45, 7) is 3.88. The second-order valence-electron chi connectivity index (χ2n) is 4.48. The number of amides is 1. The van der Waals surface area contributed by atoms with Gasteiger partial charge in [0.1, 0.15) is 0 Å².